The maximum absolute atomic E-state index is 12.3. The fourth-order valence-electron chi connectivity index (χ4n) is 3.39. The second-order valence-corrected chi connectivity index (χ2v) is 7.66. The molecule has 0 fully saturated rings. The molecule has 7 heteroatoms. The topological polar surface area (TPSA) is 92.0 Å². The van der Waals surface area contributed by atoms with Crippen LogP contribution in [-0.4, -0.2) is 19.0 Å². The smallest absolute Gasteiger partial charge is 0.338 e. The Morgan fingerprint density at radius 3 is 2.06 bits per heavy atom. The lowest BCUT2D eigenvalue weighted by Crippen LogP contribution is -2.06. The van der Waals surface area contributed by atoms with Crippen molar-refractivity contribution in [1.82, 2.24) is 0 Å². The van der Waals surface area contributed by atoms with Crippen LogP contribution in [0.25, 0.3) is 11.0 Å². The summed E-state index contributed by atoms with van der Waals surface area (Å²) < 4.78 is 21.1. The zero-order chi connectivity index (χ0) is 24.1. The predicted molar refractivity (Wildman–Crippen MR) is 125 cm³/mol. The van der Waals surface area contributed by atoms with Crippen LogP contribution in [0.3, 0.4) is 0 Å². The third-order valence-electron chi connectivity index (χ3n) is 5.26. The largest absolute Gasteiger partial charge is 0.489 e. The zero-order valence-corrected chi connectivity index (χ0v) is 18.7. The average molecular weight is 458 g/mol. The first-order valence-corrected chi connectivity index (χ1v) is 10.5. The number of rotatable bonds is 7. The van der Waals surface area contributed by atoms with Crippen molar-refractivity contribution >= 4 is 22.9 Å². The lowest BCUT2D eigenvalue weighted by atomic mass is 10.1. The summed E-state index contributed by atoms with van der Waals surface area (Å²) in [6.07, 6.45) is 0. The molecule has 0 aliphatic carbocycles. The molecule has 4 rings (SSSR count). The van der Waals surface area contributed by atoms with Gasteiger partial charge in [-0.2, -0.15) is 0 Å². The van der Waals surface area contributed by atoms with Gasteiger partial charge in [0.05, 0.1) is 18.2 Å². The Morgan fingerprint density at radius 1 is 0.794 bits per heavy atom. The molecule has 0 aliphatic heterocycles. The zero-order valence-electron chi connectivity index (χ0n) is 18.7. The Morgan fingerprint density at radius 2 is 1.41 bits per heavy atom. The highest BCUT2D eigenvalue weighted by atomic mass is 16.5. The Balaban J connectivity index is 1.33. The molecule has 172 valence electrons. The number of ether oxygens (including phenoxy) is 3. The first kappa shape index (κ1) is 22.8. The lowest BCUT2D eigenvalue weighted by Gasteiger charge is -2.09. The standard InChI is InChI=1S/C27H22O7/c1-17-13-25(28)34-24-14-22(11-12-23(17)24)32-15-18-5-9-21(10-6-18)27(30)33-16-19-3-7-20(8-4-19)26(29)31-2/h3-14H,15-16H2,1-2H3. The SMILES string of the molecule is COC(=O)c1ccc(COC(=O)c2ccc(COc3ccc4c(C)cc(=O)oc4c3)cc2)cc1. The van der Waals surface area contributed by atoms with Gasteiger partial charge < -0.3 is 18.6 Å². The van der Waals surface area contributed by atoms with E-state index in [4.69, 9.17) is 13.9 Å². The molecular formula is C27H22O7. The van der Waals surface area contributed by atoms with E-state index in [-0.39, 0.29) is 13.2 Å². The van der Waals surface area contributed by atoms with Crippen molar-refractivity contribution in [3.8, 4) is 5.75 Å². The summed E-state index contributed by atoms with van der Waals surface area (Å²) in [6, 6.07) is 20.4. The fraction of sp³-hybridized carbons (Fsp3) is 0.148. The van der Waals surface area contributed by atoms with E-state index in [0.717, 1.165) is 22.1 Å². The van der Waals surface area contributed by atoms with Gasteiger partial charge in [-0.05, 0) is 60.0 Å². The lowest BCUT2D eigenvalue weighted by molar-refractivity contribution is 0.0471. The van der Waals surface area contributed by atoms with Gasteiger partial charge in [0.2, 0.25) is 0 Å². The van der Waals surface area contributed by atoms with Crippen molar-refractivity contribution in [3.05, 3.63) is 111 Å². The third-order valence-corrected chi connectivity index (χ3v) is 5.26. The molecule has 0 amide bonds. The number of esters is 2. The fourth-order valence-corrected chi connectivity index (χ4v) is 3.39. The molecule has 0 saturated heterocycles. The van der Waals surface area contributed by atoms with E-state index in [1.54, 1.807) is 54.6 Å². The van der Waals surface area contributed by atoms with Crippen molar-refractivity contribution in [2.24, 2.45) is 0 Å². The molecule has 0 saturated carbocycles. The van der Waals surface area contributed by atoms with Crippen LogP contribution in [-0.2, 0) is 22.7 Å². The second-order valence-electron chi connectivity index (χ2n) is 7.66. The number of hydrogen-bond donors (Lipinski definition) is 0. The van der Waals surface area contributed by atoms with Gasteiger partial charge in [0.1, 0.15) is 24.5 Å². The van der Waals surface area contributed by atoms with Gasteiger partial charge in [0, 0.05) is 17.5 Å². The maximum atomic E-state index is 12.3. The number of carbonyl (C=O) groups excluding carboxylic acids is 2. The van der Waals surface area contributed by atoms with Crippen LogP contribution < -0.4 is 10.4 Å². The molecule has 7 nitrogen and oxygen atoms in total. The monoisotopic (exact) mass is 458 g/mol. The van der Waals surface area contributed by atoms with Crippen LogP contribution in [0.15, 0.2) is 82.0 Å². The minimum Gasteiger partial charge on any atom is -0.489 e. The van der Waals surface area contributed by atoms with E-state index < -0.39 is 17.6 Å². The first-order valence-electron chi connectivity index (χ1n) is 10.5. The Labute approximate surface area is 195 Å². The molecule has 0 spiro atoms. The van der Waals surface area contributed by atoms with Gasteiger partial charge in [-0.15, -0.1) is 0 Å². The highest BCUT2D eigenvalue weighted by molar-refractivity contribution is 5.90. The van der Waals surface area contributed by atoms with Gasteiger partial charge >= 0.3 is 17.6 Å². The molecular weight excluding hydrogens is 436 g/mol. The van der Waals surface area contributed by atoms with E-state index in [1.807, 2.05) is 19.1 Å². The summed E-state index contributed by atoms with van der Waals surface area (Å²) in [5, 5.41) is 0.856. The van der Waals surface area contributed by atoms with Crippen LogP contribution >= 0.6 is 0 Å². The van der Waals surface area contributed by atoms with E-state index in [9.17, 15) is 14.4 Å². The maximum Gasteiger partial charge on any atom is 0.338 e. The molecule has 0 aliphatic rings. The highest BCUT2D eigenvalue weighted by Gasteiger charge is 2.10. The molecule has 1 aromatic heterocycles. The van der Waals surface area contributed by atoms with Crippen molar-refractivity contribution in [3.63, 3.8) is 0 Å². The number of aryl methyl sites for hydroxylation is 1. The molecule has 4 aromatic rings. The summed E-state index contributed by atoms with van der Waals surface area (Å²) >= 11 is 0. The van der Waals surface area contributed by atoms with Gasteiger partial charge in [-0.1, -0.05) is 24.3 Å². The van der Waals surface area contributed by atoms with E-state index in [2.05, 4.69) is 4.74 Å². The molecule has 0 N–H and O–H groups in total. The van der Waals surface area contributed by atoms with Crippen molar-refractivity contribution in [2.45, 2.75) is 20.1 Å². The van der Waals surface area contributed by atoms with Gasteiger partial charge in [0.15, 0.2) is 0 Å². The van der Waals surface area contributed by atoms with Gasteiger partial charge in [-0.3, -0.25) is 0 Å². The van der Waals surface area contributed by atoms with Crippen LogP contribution in [0.2, 0.25) is 0 Å². The van der Waals surface area contributed by atoms with Crippen molar-refractivity contribution < 1.29 is 28.2 Å². The summed E-state index contributed by atoms with van der Waals surface area (Å²) in [7, 11) is 1.32. The first-order chi connectivity index (χ1) is 16.4. The van der Waals surface area contributed by atoms with Crippen LogP contribution in [0.5, 0.6) is 5.75 Å². The van der Waals surface area contributed by atoms with Crippen LogP contribution in [0, 0.1) is 6.92 Å². The van der Waals surface area contributed by atoms with Gasteiger partial charge in [0.25, 0.3) is 0 Å². The molecule has 0 radical (unpaired) electrons. The number of hydrogen-bond acceptors (Lipinski definition) is 7. The molecule has 34 heavy (non-hydrogen) atoms. The summed E-state index contributed by atoms with van der Waals surface area (Å²) in [4.78, 5) is 35.4. The second kappa shape index (κ2) is 10.0. The molecule has 3 aromatic carbocycles. The minimum absolute atomic E-state index is 0.0860. The number of carbonyl (C=O) groups is 2. The van der Waals surface area contributed by atoms with Crippen molar-refractivity contribution in [2.75, 3.05) is 7.11 Å². The summed E-state index contributed by atoms with van der Waals surface area (Å²) in [5.41, 5.74) is 3.38. The normalized spacial score (nSPS) is 10.6. The Hall–Kier alpha value is -4.39. The summed E-state index contributed by atoms with van der Waals surface area (Å²) in [6.45, 7) is 2.22. The highest BCUT2D eigenvalue weighted by Crippen LogP contribution is 2.23. The minimum atomic E-state index is -0.454. The Kier molecular flexibility index (Phi) is 6.73. The van der Waals surface area contributed by atoms with Crippen LogP contribution in [0.1, 0.15) is 37.4 Å². The van der Waals surface area contributed by atoms with Crippen LogP contribution in [0.4, 0.5) is 0 Å². The quantitative estimate of drug-likeness (QED) is 0.289. The molecule has 0 atom stereocenters. The average Bonchev–Trinajstić information content (AvgIpc) is 2.85. The third kappa shape index (κ3) is 5.32. The number of fused-ring (bicyclic) bond motifs is 1. The molecule has 1 heterocycles. The van der Waals surface area contributed by atoms with Crippen molar-refractivity contribution in [1.29, 1.82) is 0 Å². The van der Waals surface area contributed by atoms with Gasteiger partial charge in [-0.25, -0.2) is 14.4 Å². The van der Waals surface area contributed by atoms with E-state index >= 15 is 0 Å². The van der Waals surface area contributed by atoms with E-state index in [1.165, 1.54) is 13.2 Å². The predicted octanol–water partition coefficient (Wildman–Crippen LogP) is 4.82. The number of methoxy groups -OCH3 is 1. The Bertz CT molecular complexity index is 1380. The molecule has 0 unspecified atom stereocenters. The molecule has 0 bridgehead atoms. The van der Waals surface area contributed by atoms with E-state index in [0.29, 0.717) is 22.5 Å². The number of benzene rings is 3. The summed E-state index contributed by atoms with van der Waals surface area (Å²) in [5.74, 6) is -0.303.